The standard InChI is InChI=1S/C22H17FN2O4S/c1-25(30(27,28)21-12-8-19(23)9-13-21)15-22(26)29-20-10-6-18(7-11-20)17-4-2-16(14-24)3-5-17/h2-13H,15H2,1H3. The maximum absolute atomic E-state index is 13.0. The maximum Gasteiger partial charge on any atom is 0.326 e. The molecule has 0 saturated carbocycles. The SMILES string of the molecule is CN(CC(=O)Oc1ccc(-c2ccc(C#N)cc2)cc1)S(=O)(=O)c1ccc(F)cc1. The number of halogens is 1. The number of benzene rings is 3. The van der Waals surface area contributed by atoms with Gasteiger partial charge in [-0.15, -0.1) is 0 Å². The molecule has 30 heavy (non-hydrogen) atoms. The first kappa shape index (κ1) is 21.2. The smallest absolute Gasteiger partial charge is 0.326 e. The largest absolute Gasteiger partial charge is 0.426 e. The Morgan fingerprint density at radius 1 is 0.967 bits per heavy atom. The van der Waals surface area contributed by atoms with Crippen molar-refractivity contribution in [2.24, 2.45) is 0 Å². The van der Waals surface area contributed by atoms with Crippen molar-refractivity contribution in [1.82, 2.24) is 4.31 Å². The fourth-order valence-electron chi connectivity index (χ4n) is 2.67. The molecule has 0 saturated heterocycles. The molecule has 0 amide bonds. The minimum atomic E-state index is -3.95. The number of hydrogen-bond donors (Lipinski definition) is 0. The van der Waals surface area contributed by atoms with E-state index in [1.165, 1.54) is 7.05 Å². The van der Waals surface area contributed by atoms with E-state index in [4.69, 9.17) is 10.00 Å². The van der Waals surface area contributed by atoms with E-state index in [9.17, 15) is 17.6 Å². The maximum atomic E-state index is 13.0. The van der Waals surface area contributed by atoms with E-state index in [0.29, 0.717) is 5.56 Å². The minimum absolute atomic E-state index is 0.119. The van der Waals surface area contributed by atoms with Crippen LogP contribution in [0, 0.1) is 17.1 Å². The topological polar surface area (TPSA) is 87.5 Å². The van der Waals surface area contributed by atoms with E-state index >= 15 is 0 Å². The van der Waals surface area contributed by atoms with Crippen LogP contribution in [0.15, 0.2) is 77.7 Å². The summed E-state index contributed by atoms with van der Waals surface area (Å²) in [6, 6.07) is 20.1. The second-order valence-corrected chi connectivity index (χ2v) is 8.45. The fourth-order valence-corrected chi connectivity index (χ4v) is 3.78. The summed E-state index contributed by atoms with van der Waals surface area (Å²) in [5.74, 6) is -1.04. The van der Waals surface area contributed by atoms with Gasteiger partial charge in [0.15, 0.2) is 0 Å². The molecular formula is C22H17FN2O4S. The van der Waals surface area contributed by atoms with Crippen LogP contribution in [-0.4, -0.2) is 32.3 Å². The number of nitriles is 1. The number of rotatable bonds is 6. The van der Waals surface area contributed by atoms with Crippen LogP contribution in [0.5, 0.6) is 5.75 Å². The molecule has 0 bridgehead atoms. The predicted octanol–water partition coefficient (Wildman–Crippen LogP) is 3.59. The minimum Gasteiger partial charge on any atom is -0.426 e. The second kappa shape index (κ2) is 8.86. The Hall–Kier alpha value is -3.54. The third kappa shape index (κ3) is 4.89. The highest BCUT2D eigenvalue weighted by atomic mass is 32.2. The molecule has 0 spiro atoms. The first-order chi connectivity index (χ1) is 14.3. The molecule has 8 heteroatoms. The lowest BCUT2D eigenvalue weighted by Gasteiger charge is -2.16. The van der Waals surface area contributed by atoms with E-state index in [-0.39, 0.29) is 10.6 Å². The molecule has 3 aromatic carbocycles. The molecule has 0 aliphatic rings. The Morgan fingerprint density at radius 2 is 1.50 bits per heavy atom. The number of esters is 1. The summed E-state index contributed by atoms with van der Waals surface area (Å²) in [5.41, 5.74) is 2.33. The van der Waals surface area contributed by atoms with Crippen molar-refractivity contribution in [1.29, 1.82) is 5.26 Å². The summed E-state index contributed by atoms with van der Waals surface area (Å²) in [4.78, 5) is 12.0. The van der Waals surface area contributed by atoms with Crippen LogP contribution in [-0.2, 0) is 14.8 Å². The Bertz CT molecular complexity index is 1180. The molecule has 0 aliphatic carbocycles. The van der Waals surface area contributed by atoms with Gasteiger partial charge in [0.2, 0.25) is 10.0 Å². The molecule has 0 heterocycles. The van der Waals surface area contributed by atoms with E-state index in [2.05, 4.69) is 6.07 Å². The normalized spacial score (nSPS) is 11.1. The van der Waals surface area contributed by atoms with Gasteiger partial charge in [-0.05, 0) is 59.7 Å². The zero-order chi connectivity index (χ0) is 21.7. The fraction of sp³-hybridized carbons (Fsp3) is 0.0909. The molecule has 0 aromatic heterocycles. The molecule has 0 atom stereocenters. The molecular weight excluding hydrogens is 407 g/mol. The summed E-state index contributed by atoms with van der Waals surface area (Å²) in [6.45, 7) is -0.503. The number of hydrogen-bond acceptors (Lipinski definition) is 5. The van der Waals surface area contributed by atoms with Crippen molar-refractivity contribution in [2.75, 3.05) is 13.6 Å². The van der Waals surface area contributed by atoms with Gasteiger partial charge >= 0.3 is 5.97 Å². The van der Waals surface area contributed by atoms with Crippen LogP contribution in [0.2, 0.25) is 0 Å². The van der Waals surface area contributed by atoms with Gasteiger partial charge in [-0.2, -0.15) is 9.57 Å². The summed E-state index contributed by atoms with van der Waals surface area (Å²) < 4.78 is 44.0. The Balaban J connectivity index is 1.64. The number of likely N-dealkylation sites (N-methyl/N-ethyl adjacent to an activating group) is 1. The molecule has 0 fully saturated rings. The second-order valence-electron chi connectivity index (χ2n) is 6.40. The lowest BCUT2D eigenvalue weighted by molar-refractivity contribution is -0.134. The average Bonchev–Trinajstić information content (AvgIpc) is 2.74. The van der Waals surface area contributed by atoms with Gasteiger partial charge in [-0.1, -0.05) is 24.3 Å². The number of carbonyl (C=O) groups is 1. The van der Waals surface area contributed by atoms with Crippen molar-refractivity contribution in [3.05, 3.63) is 84.2 Å². The van der Waals surface area contributed by atoms with Crippen molar-refractivity contribution in [2.45, 2.75) is 4.90 Å². The number of ether oxygens (including phenoxy) is 1. The molecule has 3 aromatic rings. The summed E-state index contributed by atoms with van der Waals surface area (Å²) in [7, 11) is -2.70. The lowest BCUT2D eigenvalue weighted by Crippen LogP contribution is -2.34. The molecule has 0 unspecified atom stereocenters. The quantitative estimate of drug-likeness (QED) is 0.446. The third-order valence-corrected chi connectivity index (χ3v) is 6.12. The van der Waals surface area contributed by atoms with Crippen molar-refractivity contribution < 1.29 is 22.3 Å². The molecule has 0 N–H and O–H groups in total. The van der Waals surface area contributed by atoms with E-state index in [1.54, 1.807) is 36.4 Å². The van der Waals surface area contributed by atoms with E-state index in [1.807, 2.05) is 12.1 Å². The van der Waals surface area contributed by atoms with E-state index < -0.39 is 28.4 Å². The highest BCUT2D eigenvalue weighted by molar-refractivity contribution is 7.89. The monoisotopic (exact) mass is 424 g/mol. The summed E-state index contributed by atoms with van der Waals surface area (Å²) >= 11 is 0. The predicted molar refractivity (Wildman–Crippen MR) is 108 cm³/mol. The molecule has 152 valence electrons. The van der Waals surface area contributed by atoms with Crippen molar-refractivity contribution in [3.63, 3.8) is 0 Å². The Kier molecular flexibility index (Phi) is 6.26. The van der Waals surface area contributed by atoms with Gasteiger partial charge in [0.1, 0.15) is 18.1 Å². The van der Waals surface area contributed by atoms with Crippen molar-refractivity contribution in [3.8, 4) is 22.9 Å². The first-order valence-electron chi connectivity index (χ1n) is 8.83. The van der Waals surface area contributed by atoms with Crippen molar-refractivity contribution >= 4 is 16.0 Å². The highest BCUT2D eigenvalue weighted by Crippen LogP contribution is 2.23. The number of nitrogens with zero attached hydrogens (tertiary/aromatic N) is 2. The Labute approximate surface area is 173 Å². The van der Waals surface area contributed by atoms with Gasteiger partial charge in [-0.25, -0.2) is 12.8 Å². The van der Waals surface area contributed by atoms with Gasteiger partial charge in [0, 0.05) is 7.05 Å². The van der Waals surface area contributed by atoms with Crippen LogP contribution >= 0.6 is 0 Å². The van der Waals surface area contributed by atoms with Crippen LogP contribution in [0.4, 0.5) is 4.39 Å². The summed E-state index contributed by atoms with van der Waals surface area (Å²) in [5, 5.41) is 8.85. The molecule has 3 rings (SSSR count). The van der Waals surface area contributed by atoms with Crippen LogP contribution in [0.3, 0.4) is 0 Å². The van der Waals surface area contributed by atoms with Gasteiger partial charge < -0.3 is 4.74 Å². The van der Waals surface area contributed by atoms with Gasteiger partial charge in [-0.3, -0.25) is 4.79 Å². The highest BCUT2D eigenvalue weighted by Gasteiger charge is 2.23. The molecule has 6 nitrogen and oxygen atoms in total. The zero-order valence-corrected chi connectivity index (χ0v) is 16.8. The summed E-state index contributed by atoms with van der Waals surface area (Å²) in [6.07, 6.45) is 0. The van der Waals surface area contributed by atoms with Crippen LogP contribution < -0.4 is 4.74 Å². The lowest BCUT2D eigenvalue weighted by atomic mass is 10.0. The van der Waals surface area contributed by atoms with Crippen LogP contribution in [0.25, 0.3) is 11.1 Å². The van der Waals surface area contributed by atoms with Crippen LogP contribution in [0.1, 0.15) is 5.56 Å². The average molecular weight is 424 g/mol. The van der Waals surface area contributed by atoms with E-state index in [0.717, 1.165) is 39.7 Å². The first-order valence-corrected chi connectivity index (χ1v) is 10.3. The number of sulfonamides is 1. The Morgan fingerprint density at radius 3 is 2.03 bits per heavy atom. The van der Waals surface area contributed by atoms with Gasteiger partial charge in [0.05, 0.1) is 16.5 Å². The van der Waals surface area contributed by atoms with Gasteiger partial charge in [0.25, 0.3) is 0 Å². The zero-order valence-electron chi connectivity index (χ0n) is 15.9. The molecule has 0 aliphatic heterocycles. The molecule has 0 radical (unpaired) electrons. The number of carbonyl (C=O) groups excluding carboxylic acids is 1. The third-order valence-electron chi connectivity index (χ3n) is 4.31.